The first-order valence-electron chi connectivity index (χ1n) is 11.9. The number of anilines is 1. The van der Waals surface area contributed by atoms with Gasteiger partial charge < -0.3 is 20.1 Å². The van der Waals surface area contributed by atoms with Gasteiger partial charge in [0.1, 0.15) is 24.7 Å². The summed E-state index contributed by atoms with van der Waals surface area (Å²) in [6.45, 7) is 1.58. The number of amides is 4. The summed E-state index contributed by atoms with van der Waals surface area (Å²) in [4.78, 5) is 48.7. The Morgan fingerprint density at radius 3 is 2.55 bits per heavy atom. The number of non-ortho nitro benzene ring substituents is 1. The molecule has 1 aliphatic heterocycles. The van der Waals surface area contributed by atoms with E-state index >= 15 is 0 Å². The Morgan fingerprint density at radius 1 is 1.15 bits per heavy atom. The summed E-state index contributed by atoms with van der Waals surface area (Å²) in [6.07, 6.45) is 1.42. The number of rotatable bonds is 10. The van der Waals surface area contributed by atoms with Crippen LogP contribution >= 0.6 is 15.9 Å². The average Bonchev–Trinajstić information content (AvgIpc) is 3.17. The molecular weight excluding hydrogens is 591 g/mol. The van der Waals surface area contributed by atoms with Crippen LogP contribution in [0.15, 0.2) is 70.8 Å². The van der Waals surface area contributed by atoms with Gasteiger partial charge in [-0.2, -0.15) is 0 Å². The number of hydrogen-bond acceptors (Lipinski definition) is 7. The van der Waals surface area contributed by atoms with E-state index < -0.39 is 35.1 Å². The zero-order valence-electron chi connectivity index (χ0n) is 21.0. The Balaban J connectivity index is 1.48. The molecule has 3 aromatic carbocycles. The molecule has 4 amide bonds. The van der Waals surface area contributed by atoms with E-state index in [-0.39, 0.29) is 23.7 Å². The van der Waals surface area contributed by atoms with Gasteiger partial charge >= 0.3 is 6.03 Å². The number of carbonyl (C=O) groups excluding carboxylic acids is 3. The van der Waals surface area contributed by atoms with Gasteiger partial charge in [0.25, 0.3) is 11.6 Å². The van der Waals surface area contributed by atoms with E-state index in [0.717, 1.165) is 0 Å². The summed E-state index contributed by atoms with van der Waals surface area (Å²) in [7, 11) is 0. The van der Waals surface area contributed by atoms with E-state index in [4.69, 9.17) is 9.47 Å². The number of benzene rings is 3. The van der Waals surface area contributed by atoms with E-state index in [0.29, 0.717) is 38.6 Å². The number of ether oxygens (including phenoxy) is 2. The van der Waals surface area contributed by atoms with E-state index in [9.17, 15) is 28.9 Å². The molecule has 13 heteroatoms. The highest BCUT2D eigenvalue weighted by molar-refractivity contribution is 9.10. The van der Waals surface area contributed by atoms with Crippen LogP contribution in [0.25, 0.3) is 6.08 Å². The maximum absolute atomic E-state index is 13.8. The normalized spacial score (nSPS) is 13.8. The molecule has 0 saturated carbocycles. The van der Waals surface area contributed by atoms with E-state index in [1.165, 1.54) is 42.5 Å². The van der Waals surface area contributed by atoms with Crippen LogP contribution in [0, 0.1) is 15.9 Å². The molecule has 0 atom stereocenters. The first kappa shape index (κ1) is 28.2. The second-order valence-electron chi connectivity index (χ2n) is 8.38. The molecule has 11 nitrogen and oxygen atoms in total. The molecular formula is C27H22BrFN4O7. The minimum atomic E-state index is -0.799. The predicted octanol–water partition coefficient (Wildman–Crippen LogP) is 5.01. The third-order valence-electron chi connectivity index (χ3n) is 5.59. The summed E-state index contributed by atoms with van der Waals surface area (Å²) in [5.74, 6) is -1.41. The maximum Gasteiger partial charge on any atom is 0.329 e. The zero-order chi connectivity index (χ0) is 28.8. The van der Waals surface area contributed by atoms with Crippen molar-refractivity contribution in [2.75, 3.05) is 18.5 Å². The van der Waals surface area contributed by atoms with Gasteiger partial charge in [-0.05, 0) is 76.5 Å². The first-order valence-corrected chi connectivity index (χ1v) is 12.7. The number of imide groups is 1. The van der Waals surface area contributed by atoms with E-state index in [1.54, 1.807) is 31.2 Å². The van der Waals surface area contributed by atoms with Gasteiger partial charge in [0.2, 0.25) is 5.91 Å². The molecule has 4 rings (SSSR count). The van der Waals surface area contributed by atoms with Crippen molar-refractivity contribution in [2.24, 2.45) is 0 Å². The van der Waals surface area contributed by atoms with Crippen molar-refractivity contribution < 1.29 is 33.2 Å². The van der Waals surface area contributed by atoms with Crippen molar-refractivity contribution in [1.29, 1.82) is 0 Å². The quantitative estimate of drug-likeness (QED) is 0.142. The number of para-hydroxylation sites is 1. The molecule has 0 bridgehead atoms. The van der Waals surface area contributed by atoms with Crippen molar-refractivity contribution >= 4 is 51.2 Å². The monoisotopic (exact) mass is 612 g/mol. The van der Waals surface area contributed by atoms with Gasteiger partial charge in [-0.15, -0.1) is 0 Å². The summed E-state index contributed by atoms with van der Waals surface area (Å²) in [5, 5.41) is 15.6. The lowest BCUT2D eigenvalue weighted by molar-refractivity contribution is -0.384. The molecule has 1 saturated heterocycles. The fraction of sp³-hybridized carbons (Fsp3) is 0.148. The molecule has 1 fully saturated rings. The maximum atomic E-state index is 13.8. The van der Waals surface area contributed by atoms with Gasteiger partial charge in [0.05, 0.1) is 21.7 Å². The summed E-state index contributed by atoms with van der Waals surface area (Å²) in [6, 6.07) is 13.9. The molecule has 0 spiro atoms. The molecule has 0 radical (unpaired) electrons. The van der Waals surface area contributed by atoms with Crippen LogP contribution in [-0.2, 0) is 16.2 Å². The van der Waals surface area contributed by atoms with Crippen LogP contribution < -0.4 is 20.1 Å². The lowest BCUT2D eigenvalue weighted by Gasteiger charge is -2.15. The lowest BCUT2D eigenvalue weighted by Crippen LogP contribution is -2.38. The average molecular weight is 613 g/mol. The molecule has 40 heavy (non-hydrogen) atoms. The number of nitrogens with one attached hydrogen (secondary N) is 2. The zero-order valence-corrected chi connectivity index (χ0v) is 22.6. The van der Waals surface area contributed by atoms with Gasteiger partial charge in [-0.1, -0.05) is 12.1 Å². The predicted molar refractivity (Wildman–Crippen MR) is 146 cm³/mol. The van der Waals surface area contributed by atoms with E-state index in [2.05, 4.69) is 26.6 Å². The summed E-state index contributed by atoms with van der Waals surface area (Å²) < 4.78 is 25.9. The number of nitrogens with zero attached hydrogens (tertiary/aromatic N) is 2. The Kier molecular flexibility index (Phi) is 8.74. The Morgan fingerprint density at radius 2 is 1.88 bits per heavy atom. The SMILES string of the molecule is CCOc1cc(/C=C2/NC(=O)N(CC(=O)Nc3ccccc3F)C2=O)cc(Br)c1OCc1ccc([N+](=O)[O-])cc1. The van der Waals surface area contributed by atoms with Crippen LogP contribution in [0.4, 0.5) is 20.6 Å². The standard InChI is InChI=1S/C27H22BrFN4O7/c1-2-39-23-13-17(11-19(28)25(23)40-15-16-7-9-18(10-8-16)33(37)38)12-22-26(35)32(27(36)31-22)14-24(34)30-21-6-4-3-5-20(21)29/h3-13H,2,14-15H2,1H3,(H,30,34)(H,31,36)/b22-12+. The molecule has 2 N–H and O–H groups in total. The number of carbonyl (C=O) groups is 3. The first-order chi connectivity index (χ1) is 19.2. The number of hydrogen-bond donors (Lipinski definition) is 2. The van der Waals surface area contributed by atoms with Crippen molar-refractivity contribution in [3.63, 3.8) is 0 Å². The Bertz CT molecular complexity index is 1510. The van der Waals surface area contributed by atoms with Gasteiger partial charge in [-0.3, -0.25) is 19.7 Å². The topological polar surface area (TPSA) is 140 Å². The number of nitro benzene ring substituents is 1. The fourth-order valence-corrected chi connectivity index (χ4v) is 4.30. The minimum absolute atomic E-state index is 0.0323. The largest absolute Gasteiger partial charge is 0.490 e. The number of nitro groups is 1. The van der Waals surface area contributed by atoms with Crippen molar-refractivity contribution in [1.82, 2.24) is 10.2 Å². The molecule has 3 aromatic rings. The smallest absolute Gasteiger partial charge is 0.329 e. The highest BCUT2D eigenvalue weighted by Gasteiger charge is 2.35. The highest BCUT2D eigenvalue weighted by Crippen LogP contribution is 2.38. The van der Waals surface area contributed by atoms with Crippen molar-refractivity contribution in [3.8, 4) is 11.5 Å². The Hall–Kier alpha value is -4.78. The second-order valence-corrected chi connectivity index (χ2v) is 9.24. The third-order valence-corrected chi connectivity index (χ3v) is 6.17. The van der Waals surface area contributed by atoms with Crippen LogP contribution in [0.5, 0.6) is 11.5 Å². The second kappa shape index (κ2) is 12.4. The molecule has 0 unspecified atom stereocenters. The minimum Gasteiger partial charge on any atom is -0.490 e. The number of halogens is 2. The van der Waals surface area contributed by atoms with Crippen molar-refractivity contribution in [2.45, 2.75) is 13.5 Å². The summed E-state index contributed by atoms with van der Waals surface area (Å²) in [5.41, 5.74) is 1.01. The van der Waals surface area contributed by atoms with Gasteiger partial charge in [0.15, 0.2) is 11.5 Å². The van der Waals surface area contributed by atoms with Crippen LogP contribution in [0.3, 0.4) is 0 Å². The molecule has 0 aromatic heterocycles. The fourth-order valence-electron chi connectivity index (χ4n) is 3.72. The molecule has 1 heterocycles. The van der Waals surface area contributed by atoms with Crippen LogP contribution in [0.2, 0.25) is 0 Å². The highest BCUT2D eigenvalue weighted by atomic mass is 79.9. The summed E-state index contributed by atoms with van der Waals surface area (Å²) >= 11 is 3.44. The van der Waals surface area contributed by atoms with Gasteiger partial charge in [-0.25, -0.2) is 14.1 Å². The third kappa shape index (κ3) is 6.61. The number of urea groups is 1. The van der Waals surface area contributed by atoms with E-state index in [1.807, 2.05) is 0 Å². The van der Waals surface area contributed by atoms with Gasteiger partial charge in [0, 0.05) is 12.1 Å². The molecule has 1 aliphatic rings. The molecule has 0 aliphatic carbocycles. The Labute approximate surface area is 235 Å². The van der Waals surface area contributed by atoms with Crippen LogP contribution in [0.1, 0.15) is 18.1 Å². The van der Waals surface area contributed by atoms with Crippen molar-refractivity contribution in [3.05, 3.63) is 97.9 Å². The van der Waals surface area contributed by atoms with Crippen LogP contribution in [-0.4, -0.2) is 40.8 Å². The lowest BCUT2D eigenvalue weighted by atomic mass is 10.1. The molecule has 206 valence electrons.